The molecule has 1 aromatic heterocycles. The zero-order chi connectivity index (χ0) is 10.7. The van der Waals surface area contributed by atoms with Gasteiger partial charge in [0.1, 0.15) is 12.4 Å². The lowest BCUT2D eigenvalue weighted by atomic mass is 10.4. The Bertz CT molecular complexity index is 346. The van der Waals surface area contributed by atoms with Crippen LogP contribution in [0.1, 0.15) is 0 Å². The lowest BCUT2D eigenvalue weighted by Gasteiger charge is -2.26. The van der Waals surface area contributed by atoms with Crippen molar-refractivity contribution in [1.29, 1.82) is 0 Å². The fraction of sp³-hybridized carbons (Fsp3) is 0.556. The Kier molecular flexibility index (Phi) is 3.15. The number of nitrogens with two attached hydrogens (primary N) is 1. The van der Waals surface area contributed by atoms with E-state index in [-0.39, 0.29) is 5.91 Å². The molecule has 1 aliphatic rings. The van der Waals surface area contributed by atoms with Gasteiger partial charge < -0.3 is 10.6 Å². The summed E-state index contributed by atoms with van der Waals surface area (Å²) < 4.78 is 1.58. The Balaban J connectivity index is 1.91. The van der Waals surface area contributed by atoms with Crippen molar-refractivity contribution in [3.8, 4) is 0 Å². The minimum atomic E-state index is 0.124. The molecule has 0 aromatic carbocycles. The smallest absolute Gasteiger partial charge is 0.244 e. The van der Waals surface area contributed by atoms with Crippen LogP contribution in [0.25, 0.3) is 0 Å². The van der Waals surface area contributed by atoms with E-state index in [1.54, 1.807) is 16.9 Å². The number of hydrogen-bond acceptors (Lipinski definition) is 4. The standard InChI is InChI=1S/C9H14N4OS/c10-8-1-2-13(11-8)7-9(14)12-3-5-15-6-4-12/h1-2H,3-7H2,(H2,10,11). The van der Waals surface area contributed by atoms with Gasteiger partial charge in [0.2, 0.25) is 5.91 Å². The third kappa shape index (κ3) is 2.65. The van der Waals surface area contributed by atoms with Crippen LogP contribution in [-0.2, 0) is 11.3 Å². The normalized spacial score (nSPS) is 16.7. The highest BCUT2D eigenvalue weighted by Gasteiger charge is 2.16. The number of thioether (sulfide) groups is 1. The second kappa shape index (κ2) is 4.57. The Morgan fingerprint density at radius 3 is 2.87 bits per heavy atom. The topological polar surface area (TPSA) is 64.2 Å². The van der Waals surface area contributed by atoms with Crippen molar-refractivity contribution in [2.75, 3.05) is 30.3 Å². The lowest BCUT2D eigenvalue weighted by molar-refractivity contribution is -0.131. The largest absolute Gasteiger partial charge is 0.382 e. The highest BCUT2D eigenvalue weighted by molar-refractivity contribution is 7.99. The van der Waals surface area contributed by atoms with Gasteiger partial charge in [0.15, 0.2) is 0 Å². The van der Waals surface area contributed by atoms with Crippen molar-refractivity contribution in [1.82, 2.24) is 14.7 Å². The van der Waals surface area contributed by atoms with Crippen LogP contribution in [0.4, 0.5) is 5.82 Å². The van der Waals surface area contributed by atoms with Crippen LogP contribution in [0.2, 0.25) is 0 Å². The first-order valence-electron chi connectivity index (χ1n) is 4.90. The summed E-state index contributed by atoms with van der Waals surface area (Å²) in [6.07, 6.45) is 1.73. The Labute approximate surface area is 92.6 Å². The van der Waals surface area contributed by atoms with Gasteiger partial charge in [-0.15, -0.1) is 0 Å². The molecule has 82 valence electrons. The SMILES string of the molecule is Nc1ccn(CC(=O)N2CCSCC2)n1. The first-order valence-corrected chi connectivity index (χ1v) is 6.05. The number of rotatable bonds is 2. The van der Waals surface area contributed by atoms with E-state index in [0.29, 0.717) is 12.4 Å². The van der Waals surface area contributed by atoms with Crippen molar-refractivity contribution < 1.29 is 4.79 Å². The molecule has 0 saturated carbocycles. The first kappa shape index (κ1) is 10.4. The summed E-state index contributed by atoms with van der Waals surface area (Å²) in [5.41, 5.74) is 5.47. The zero-order valence-corrected chi connectivity index (χ0v) is 9.24. The Morgan fingerprint density at radius 2 is 2.27 bits per heavy atom. The molecule has 5 nitrogen and oxygen atoms in total. The highest BCUT2D eigenvalue weighted by atomic mass is 32.2. The molecule has 1 aliphatic heterocycles. The minimum absolute atomic E-state index is 0.124. The monoisotopic (exact) mass is 226 g/mol. The van der Waals surface area contributed by atoms with E-state index in [2.05, 4.69) is 5.10 Å². The van der Waals surface area contributed by atoms with Crippen LogP contribution < -0.4 is 5.73 Å². The summed E-state index contributed by atoms with van der Waals surface area (Å²) in [5.74, 6) is 2.65. The molecule has 15 heavy (non-hydrogen) atoms. The summed E-state index contributed by atoms with van der Waals surface area (Å²) in [6.45, 7) is 1.99. The molecule has 0 radical (unpaired) electrons. The maximum atomic E-state index is 11.8. The number of aromatic nitrogens is 2. The van der Waals surface area contributed by atoms with E-state index >= 15 is 0 Å². The molecular formula is C9H14N4OS. The quantitative estimate of drug-likeness (QED) is 0.773. The van der Waals surface area contributed by atoms with E-state index in [9.17, 15) is 4.79 Å². The maximum absolute atomic E-state index is 11.8. The van der Waals surface area contributed by atoms with Crippen molar-refractivity contribution in [3.05, 3.63) is 12.3 Å². The van der Waals surface area contributed by atoms with Crippen molar-refractivity contribution >= 4 is 23.5 Å². The minimum Gasteiger partial charge on any atom is -0.382 e. The van der Waals surface area contributed by atoms with Gasteiger partial charge in [0, 0.05) is 30.8 Å². The average molecular weight is 226 g/mol. The van der Waals surface area contributed by atoms with Crippen molar-refractivity contribution in [3.63, 3.8) is 0 Å². The number of amides is 1. The predicted molar refractivity (Wildman–Crippen MR) is 60.5 cm³/mol. The molecule has 1 amide bonds. The van der Waals surface area contributed by atoms with Gasteiger partial charge in [-0.05, 0) is 6.07 Å². The molecule has 2 N–H and O–H groups in total. The maximum Gasteiger partial charge on any atom is 0.244 e. The third-order valence-corrected chi connectivity index (χ3v) is 3.26. The molecule has 6 heteroatoms. The van der Waals surface area contributed by atoms with Crippen LogP contribution in [0.5, 0.6) is 0 Å². The Morgan fingerprint density at radius 1 is 1.53 bits per heavy atom. The van der Waals surface area contributed by atoms with Gasteiger partial charge in [-0.3, -0.25) is 9.48 Å². The second-order valence-corrected chi connectivity index (χ2v) is 4.66. The molecule has 2 heterocycles. The van der Waals surface area contributed by atoms with Gasteiger partial charge in [0.05, 0.1) is 0 Å². The number of carbonyl (C=O) groups is 1. The Hall–Kier alpha value is -1.17. The second-order valence-electron chi connectivity index (χ2n) is 3.43. The average Bonchev–Trinajstić information content (AvgIpc) is 2.65. The number of nitrogen functional groups attached to an aromatic ring is 1. The molecule has 0 bridgehead atoms. The van der Waals surface area contributed by atoms with Crippen LogP contribution in [0.3, 0.4) is 0 Å². The van der Waals surface area contributed by atoms with Crippen LogP contribution >= 0.6 is 11.8 Å². The van der Waals surface area contributed by atoms with Crippen LogP contribution in [0.15, 0.2) is 12.3 Å². The molecule has 0 unspecified atom stereocenters. The molecule has 0 aliphatic carbocycles. The summed E-state index contributed by atoms with van der Waals surface area (Å²) in [7, 11) is 0. The van der Waals surface area contributed by atoms with Gasteiger partial charge in [0.25, 0.3) is 0 Å². The summed E-state index contributed by atoms with van der Waals surface area (Å²) in [5, 5.41) is 3.99. The summed E-state index contributed by atoms with van der Waals surface area (Å²) in [4.78, 5) is 13.7. The fourth-order valence-corrected chi connectivity index (χ4v) is 2.42. The fourth-order valence-electron chi connectivity index (χ4n) is 1.52. The van der Waals surface area contributed by atoms with Crippen LogP contribution in [-0.4, -0.2) is 45.2 Å². The molecular weight excluding hydrogens is 212 g/mol. The zero-order valence-electron chi connectivity index (χ0n) is 8.43. The van der Waals surface area contributed by atoms with E-state index in [1.807, 2.05) is 16.7 Å². The van der Waals surface area contributed by atoms with E-state index < -0.39 is 0 Å². The van der Waals surface area contributed by atoms with Crippen molar-refractivity contribution in [2.45, 2.75) is 6.54 Å². The van der Waals surface area contributed by atoms with E-state index in [0.717, 1.165) is 24.6 Å². The van der Waals surface area contributed by atoms with Crippen LogP contribution in [0, 0.1) is 0 Å². The number of anilines is 1. The number of nitrogens with zero attached hydrogens (tertiary/aromatic N) is 3. The number of carbonyl (C=O) groups excluding carboxylic acids is 1. The molecule has 2 rings (SSSR count). The van der Waals surface area contributed by atoms with Gasteiger partial charge in [-0.25, -0.2) is 0 Å². The third-order valence-electron chi connectivity index (χ3n) is 2.32. The lowest BCUT2D eigenvalue weighted by Crippen LogP contribution is -2.39. The first-order chi connectivity index (χ1) is 7.25. The summed E-state index contributed by atoms with van der Waals surface area (Å²) in [6, 6.07) is 1.69. The number of hydrogen-bond donors (Lipinski definition) is 1. The van der Waals surface area contributed by atoms with E-state index in [1.165, 1.54) is 0 Å². The molecule has 1 fully saturated rings. The van der Waals surface area contributed by atoms with Gasteiger partial charge in [-0.1, -0.05) is 0 Å². The molecule has 0 spiro atoms. The predicted octanol–water partition coefficient (Wildman–Crippen LogP) is 0.0407. The molecule has 1 aromatic rings. The van der Waals surface area contributed by atoms with Crippen molar-refractivity contribution in [2.24, 2.45) is 0 Å². The van der Waals surface area contributed by atoms with Gasteiger partial charge >= 0.3 is 0 Å². The molecule has 1 saturated heterocycles. The van der Waals surface area contributed by atoms with Gasteiger partial charge in [-0.2, -0.15) is 16.9 Å². The van der Waals surface area contributed by atoms with E-state index in [4.69, 9.17) is 5.73 Å². The summed E-state index contributed by atoms with van der Waals surface area (Å²) >= 11 is 1.89. The molecule has 0 atom stereocenters. The highest BCUT2D eigenvalue weighted by Crippen LogP contribution is 2.09.